The summed E-state index contributed by atoms with van der Waals surface area (Å²) >= 11 is 0. The molecule has 0 radical (unpaired) electrons. The Morgan fingerprint density at radius 2 is 2.06 bits per heavy atom. The van der Waals surface area contributed by atoms with Gasteiger partial charge in [0.1, 0.15) is 0 Å². The molecule has 0 aromatic carbocycles. The van der Waals surface area contributed by atoms with Gasteiger partial charge in [-0.2, -0.15) is 0 Å². The first-order valence-corrected chi connectivity index (χ1v) is 6.81. The third kappa shape index (κ3) is 3.91. The van der Waals surface area contributed by atoms with Crippen LogP contribution in [0.5, 0.6) is 0 Å². The fraction of sp³-hybridized carbons (Fsp3) is 1.00. The van der Waals surface area contributed by atoms with Crippen molar-refractivity contribution < 1.29 is 9.84 Å². The molecule has 0 aromatic rings. The zero-order valence-corrected chi connectivity index (χ0v) is 11.1. The quantitative estimate of drug-likeness (QED) is 0.754. The molecular weight excluding hydrogens is 216 g/mol. The Balaban J connectivity index is 1.86. The van der Waals surface area contributed by atoms with E-state index in [1.54, 1.807) is 0 Å². The normalized spacial score (nSPS) is 31.6. The van der Waals surface area contributed by atoms with Crippen LogP contribution in [-0.2, 0) is 4.74 Å². The average Bonchev–Trinajstić information content (AvgIpc) is 2.28. The number of ether oxygens (including phenoxy) is 1. The van der Waals surface area contributed by atoms with E-state index in [0.29, 0.717) is 0 Å². The maximum absolute atomic E-state index is 9.29. The van der Waals surface area contributed by atoms with Crippen LogP contribution in [0.2, 0.25) is 0 Å². The van der Waals surface area contributed by atoms with Crippen LogP contribution in [0.4, 0.5) is 0 Å². The number of rotatable bonds is 3. The molecule has 0 bridgehead atoms. The summed E-state index contributed by atoms with van der Waals surface area (Å²) in [4.78, 5) is 2.47. The van der Waals surface area contributed by atoms with Gasteiger partial charge in [-0.3, -0.25) is 4.90 Å². The first-order valence-electron chi connectivity index (χ1n) is 6.81. The highest BCUT2D eigenvalue weighted by atomic mass is 16.5. The Kier molecular flexibility index (Phi) is 4.42. The number of nitrogens with one attached hydrogen (secondary N) is 1. The van der Waals surface area contributed by atoms with Crippen molar-refractivity contribution in [2.75, 3.05) is 39.3 Å². The van der Waals surface area contributed by atoms with Crippen molar-refractivity contribution in [3.8, 4) is 0 Å². The summed E-state index contributed by atoms with van der Waals surface area (Å²) in [6.07, 6.45) is 2.55. The van der Waals surface area contributed by atoms with Crippen molar-refractivity contribution in [2.24, 2.45) is 5.92 Å². The van der Waals surface area contributed by atoms with Crippen molar-refractivity contribution >= 4 is 0 Å². The zero-order valence-electron chi connectivity index (χ0n) is 11.1. The van der Waals surface area contributed by atoms with Crippen LogP contribution < -0.4 is 5.32 Å². The van der Waals surface area contributed by atoms with E-state index in [2.05, 4.69) is 24.1 Å². The topological polar surface area (TPSA) is 44.7 Å². The van der Waals surface area contributed by atoms with Crippen LogP contribution in [0.15, 0.2) is 0 Å². The molecule has 100 valence electrons. The highest BCUT2D eigenvalue weighted by Crippen LogP contribution is 2.23. The first kappa shape index (κ1) is 13.3. The molecule has 0 spiro atoms. The smallest absolute Gasteiger partial charge is 0.0940 e. The van der Waals surface area contributed by atoms with E-state index < -0.39 is 0 Å². The molecule has 17 heavy (non-hydrogen) atoms. The van der Waals surface area contributed by atoms with Crippen molar-refractivity contribution in [1.82, 2.24) is 10.2 Å². The van der Waals surface area contributed by atoms with Gasteiger partial charge in [-0.05, 0) is 45.7 Å². The summed E-state index contributed by atoms with van der Waals surface area (Å²) in [5, 5.41) is 12.7. The van der Waals surface area contributed by atoms with Crippen LogP contribution in [0, 0.1) is 5.92 Å². The van der Waals surface area contributed by atoms with Crippen LogP contribution in [0.3, 0.4) is 0 Å². The number of hydrogen-bond donors (Lipinski definition) is 2. The fourth-order valence-electron chi connectivity index (χ4n) is 3.08. The molecule has 2 rings (SSSR count). The van der Waals surface area contributed by atoms with Crippen molar-refractivity contribution in [3.05, 3.63) is 0 Å². The van der Waals surface area contributed by atoms with Gasteiger partial charge in [0.05, 0.1) is 18.3 Å². The van der Waals surface area contributed by atoms with E-state index in [1.807, 2.05) is 0 Å². The number of piperidine rings is 1. The molecule has 2 saturated heterocycles. The van der Waals surface area contributed by atoms with E-state index in [0.717, 1.165) is 38.6 Å². The molecule has 1 atom stereocenters. The van der Waals surface area contributed by atoms with Gasteiger partial charge in [0, 0.05) is 19.6 Å². The summed E-state index contributed by atoms with van der Waals surface area (Å²) < 4.78 is 5.84. The Morgan fingerprint density at radius 3 is 2.71 bits per heavy atom. The Morgan fingerprint density at radius 1 is 1.35 bits per heavy atom. The van der Waals surface area contributed by atoms with Crippen LogP contribution >= 0.6 is 0 Å². The third-order valence-corrected chi connectivity index (χ3v) is 3.73. The number of hydrogen-bond acceptors (Lipinski definition) is 4. The van der Waals surface area contributed by atoms with E-state index in [9.17, 15) is 5.11 Å². The summed E-state index contributed by atoms with van der Waals surface area (Å²) in [5.74, 6) is 0.810. The van der Waals surface area contributed by atoms with E-state index in [-0.39, 0.29) is 18.3 Å². The summed E-state index contributed by atoms with van der Waals surface area (Å²) in [5.41, 5.74) is -0.126. The summed E-state index contributed by atoms with van der Waals surface area (Å²) in [7, 11) is 0. The van der Waals surface area contributed by atoms with E-state index in [1.165, 1.54) is 12.8 Å². The molecular formula is C13H26N2O2. The SMILES string of the molecule is CC1(C)CN(CC2CCNCC2)CC(CO)O1. The second-order valence-electron chi connectivity index (χ2n) is 6.07. The molecule has 0 aliphatic carbocycles. The molecule has 1 unspecified atom stereocenters. The second kappa shape index (κ2) is 5.65. The van der Waals surface area contributed by atoms with Gasteiger partial charge in [-0.25, -0.2) is 0 Å². The average molecular weight is 242 g/mol. The second-order valence-corrected chi connectivity index (χ2v) is 6.07. The molecule has 2 N–H and O–H groups in total. The predicted octanol–water partition coefficient (Wildman–Crippen LogP) is 0.458. The van der Waals surface area contributed by atoms with Gasteiger partial charge < -0.3 is 15.2 Å². The Labute approximate surface area is 104 Å². The number of nitrogens with zero attached hydrogens (tertiary/aromatic N) is 1. The lowest BCUT2D eigenvalue weighted by atomic mass is 9.96. The monoisotopic (exact) mass is 242 g/mol. The van der Waals surface area contributed by atoms with E-state index in [4.69, 9.17) is 4.74 Å². The molecule has 0 amide bonds. The van der Waals surface area contributed by atoms with Gasteiger partial charge >= 0.3 is 0 Å². The van der Waals surface area contributed by atoms with Gasteiger partial charge in [-0.15, -0.1) is 0 Å². The molecule has 2 aliphatic rings. The molecule has 4 heteroatoms. The predicted molar refractivity (Wildman–Crippen MR) is 68.1 cm³/mol. The maximum atomic E-state index is 9.29. The van der Waals surface area contributed by atoms with Crippen LogP contribution in [0.1, 0.15) is 26.7 Å². The van der Waals surface area contributed by atoms with Crippen molar-refractivity contribution in [1.29, 1.82) is 0 Å². The standard InChI is InChI=1S/C13H26N2O2/c1-13(2)10-15(8-12(9-16)17-13)7-11-3-5-14-6-4-11/h11-12,14,16H,3-10H2,1-2H3. The first-order chi connectivity index (χ1) is 8.09. The van der Waals surface area contributed by atoms with Crippen molar-refractivity contribution in [2.45, 2.75) is 38.4 Å². The molecule has 2 heterocycles. The fourth-order valence-corrected chi connectivity index (χ4v) is 3.08. The lowest BCUT2D eigenvalue weighted by Gasteiger charge is -2.43. The third-order valence-electron chi connectivity index (χ3n) is 3.73. The van der Waals surface area contributed by atoms with Gasteiger partial charge in [0.2, 0.25) is 0 Å². The Hall–Kier alpha value is -0.160. The number of aliphatic hydroxyl groups is 1. The zero-order chi connectivity index (χ0) is 12.3. The molecule has 2 fully saturated rings. The minimum Gasteiger partial charge on any atom is -0.394 e. The molecule has 0 saturated carbocycles. The minimum atomic E-state index is -0.126. The van der Waals surface area contributed by atoms with E-state index >= 15 is 0 Å². The van der Waals surface area contributed by atoms with Crippen molar-refractivity contribution in [3.63, 3.8) is 0 Å². The van der Waals surface area contributed by atoms with Gasteiger partial charge in [0.25, 0.3) is 0 Å². The van der Waals surface area contributed by atoms with Crippen LogP contribution in [0.25, 0.3) is 0 Å². The number of morpholine rings is 1. The highest BCUT2D eigenvalue weighted by molar-refractivity contribution is 4.85. The molecule has 0 aromatic heterocycles. The summed E-state index contributed by atoms with van der Waals surface area (Å²) in [6, 6.07) is 0. The lowest BCUT2D eigenvalue weighted by Crippen LogP contribution is -2.55. The molecule has 2 aliphatic heterocycles. The van der Waals surface area contributed by atoms with Gasteiger partial charge in [0.15, 0.2) is 0 Å². The minimum absolute atomic E-state index is 0.0135. The largest absolute Gasteiger partial charge is 0.394 e. The lowest BCUT2D eigenvalue weighted by molar-refractivity contribution is -0.151. The van der Waals surface area contributed by atoms with Crippen LogP contribution in [-0.4, -0.2) is 61.0 Å². The Bertz CT molecular complexity index is 240. The highest BCUT2D eigenvalue weighted by Gasteiger charge is 2.33. The number of aliphatic hydroxyl groups excluding tert-OH is 1. The van der Waals surface area contributed by atoms with Gasteiger partial charge in [-0.1, -0.05) is 0 Å². The molecule has 4 nitrogen and oxygen atoms in total. The maximum Gasteiger partial charge on any atom is 0.0940 e. The summed E-state index contributed by atoms with van der Waals surface area (Å²) in [6.45, 7) is 9.69.